The number of aryl methyl sites for hydroxylation is 1. The summed E-state index contributed by atoms with van der Waals surface area (Å²) < 4.78 is 39.5. The molecule has 0 saturated carbocycles. The van der Waals surface area contributed by atoms with E-state index in [9.17, 15) is 14.9 Å². The molecular weight excluding hydrogens is 708 g/mol. The zero-order valence-corrected chi connectivity index (χ0v) is 28.6. The molecule has 22 heteroatoms. The Kier molecular flexibility index (Phi) is 8.68. The van der Waals surface area contributed by atoms with Crippen molar-refractivity contribution in [1.82, 2.24) is 39.0 Å². The van der Waals surface area contributed by atoms with Crippen LogP contribution in [0, 0.1) is 5.92 Å². The number of aromatic nitrogens is 8. The van der Waals surface area contributed by atoms with Crippen molar-refractivity contribution in [2.24, 2.45) is 5.92 Å². The highest BCUT2D eigenvalue weighted by Gasteiger charge is 2.52. The smallest absolute Gasteiger partial charge is 0.325 e. The van der Waals surface area contributed by atoms with Crippen LogP contribution in [0.1, 0.15) is 31.5 Å². The van der Waals surface area contributed by atoms with E-state index in [0.29, 0.717) is 47.5 Å². The molecular formula is C26H31N9O9P2S2. The monoisotopic (exact) mass is 739 g/mol. The highest BCUT2D eigenvalue weighted by molar-refractivity contribution is 8.07. The molecule has 48 heavy (non-hydrogen) atoms. The first-order valence-corrected chi connectivity index (χ1v) is 20.3. The Hall–Kier alpha value is -2.42. The molecule has 4 aromatic heterocycles. The lowest BCUT2D eigenvalue weighted by molar-refractivity contribution is -0.0601. The average molecular weight is 740 g/mol. The second-order valence-corrected chi connectivity index (χ2v) is 17.3. The molecule has 0 aliphatic carbocycles. The molecule has 0 aromatic carbocycles. The fraction of sp³-hybridized carbons (Fsp3) is 0.538. The largest absolute Gasteiger partial charge is 0.387 e. The number of imidazole rings is 2. The molecule has 3 saturated heterocycles. The van der Waals surface area contributed by atoms with Gasteiger partial charge < -0.3 is 43.3 Å². The third kappa shape index (κ3) is 6.02. The maximum atomic E-state index is 11.4. The number of hydrogen-bond acceptors (Lipinski definition) is 16. The molecule has 3 fully saturated rings. The van der Waals surface area contributed by atoms with Gasteiger partial charge in [-0.3, -0.25) is 13.7 Å². The van der Waals surface area contributed by atoms with E-state index in [4.69, 9.17) is 51.2 Å². The lowest BCUT2D eigenvalue weighted by atomic mass is 10.0. The van der Waals surface area contributed by atoms with Gasteiger partial charge in [0.25, 0.3) is 0 Å². The van der Waals surface area contributed by atoms with Crippen LogP contribution in [-0.4, -0.2) is 104 Å². The first-order valence-electron chi connectivity index (χ1n) is 15.1. The van der Waals surface area contributed by atoms with Crippen LogP contribution in [0.4, 0.5) is 5.82 Å². The van der Waals surface area contributed by atoms with Gasteiger partial charge in [0.1, 0.15) is 54.9 Å². The second-order valence-electron chi connectivity index (χ2n) is 11.7. The maximum Gasteiger partial charge on any atom is 0.325 e. The van der Waals surface area contributed by atoms with E-state index in [2.05, 4.69) is 35.2 Å². The average Bonchev–Trinajstić information content (AvgIpc) is 3.81. The van der Waals surface area contributed by atoms with E-state index in [-0.39, 0.29) is 13.2 Å². The van der Waals surface area contributed by atoms with Gasteiger partial charge >= 0.3 is 13.4 Å². The van der Waals surface area contributed by atoms with Crippen LogP contribution >= 0.6 is 13.4 Å². The van der Waals surface area contributed by atoms with Gasteiger partial charge in [0.15, 0.2) is 28.9 Å². The minimum Gasteiger partial charge on any atom is -0.387 e. The molecule has 4 aliphatic rings. The van der Waals surface area contributed by atoms with E-state index < -0.39 is 62.3 Å². The normalized spacial score (nSPS) is 37.5. The number of ether oxygens (including phenoxy) is 2. The number of allylic oxidation sites excluding steroid dienone is 1. The molecule has 0 radical (unpaired) electrons. The number of aliphatic hydroxyl groups excluding tert-OH is 1. The van der Waals surface area contributed by atoms with Gasteiger partial charge in [-0.2, -0.15) is 0 Å². The Morgan fingerprint density at radius 3 is 2.25 bits per heavy atom. The second kappa shape index (κ2) is 12.7. The zero-order valence-electron chi connectivity index (χ0n) is 25.2. The predicted octanol–water partition coefficient (Wildman–Crippen LogP) is 1.62. The quantitative estimate of drug-likeness (QED) is 0.149. The Bertz CT molecular complexity index is 1980. The summed E-state index contributed by atoms with van der Waals surface area (Å²) in [6.45, 7) is -6.40. The summed E-state index contributed by atoms with van der Waals surface area (Å²) >= 11 is 10.8. The highest BCUT2D eigenvalue weighted by atomic mass is 32.5. The zero-order chi connectivity index (χ0) is 33.2. The summed E-state index contributed by atoms with van der Waals surface area (Å²) in [6, 6.07) is 0. The van der Waals surface area contributed by atoms with E-state index in [1.807, 2.05) is 19.1 Å². The van der Waals surface area contributed by atoms with Crippen molar-refractivity contribution >= 4 is 65.2 Å². The van der Waals surface area contributed by atoms with E-state index in [0.717, 1.165) is 5.69 Å². The summed E-state index contributed by atoms with van der Waals surface area (Å²) in [5, 5.41) is 14.6. The van der Waals surface area contributed by atoms with Crippen LogP contribution in [0.15, 0.2) is 37.5 Å². The Morgan fingerprint density at radius 1 is 0.812 bits per heavy atom. The minimum absolute atomic E-state index is 0.304. The number of rotatable bonds is 0. The Morgan fingerprint density at radius 2 is 1.46 bits per heavy atom. The minimum atomic E-state index is -4.07. The summed E-state index contributed by atoms with van der Waals surface area (Å²) in [7, 11) is 0. The Balaban J connectivity index is 1.23. The van der Waals surface area contributed by atoms with Crippen LogP contribution in [0.3, 0.4) is 0 Å². The number of hydrogen-bond donors (Lipinski definition) is 4. The van der Waals surface area contributed by atoms with Gasteiger partial charge in [0, 0.05) is 12.5 Å². The van der Waals surface area contributed by atoms with Crippen molar-refractivity contribution in [3.8, 4) is 0 Å². The molecule has 4 aromatic rings. The van der Waals surface area contributed by atoms with Crippen LogP contribution in [-0.2, 0) is 57.6 Å². The highest BCUT2D eigenvalue weighted by Crippen LogP contribution is 2.55. The number of fused-ring (bicyclic) bond motifs is 7. The third-order valence-corrected chi connectivity index (χ3v) is 11.8. The molecule has 0 spiro atoms. The molecule has 12 bridgehead atoms. The summed E-state index contributed by atoms with van der Waals surface area (Å²) in [5.74, 6) is 0.0237. The van der Waals surface area contributed by atoms with Gasteiger partial charge in [-0.05, 0) is 36.5 Å². The predicted molar refractivity (Wildman–Crippen MR) is 174 cm³/mol. The van der Waals surface area contributed by atoms with Gasteiger partial charge in [-0.1, -0.05) is 19.1 Å². The third-order valence-electron chi connectivity index (χ3n) is 8.72. The van der Waals surface area contributed by atoms with Crippen molar-refractivity contribution in [3.63, 3.8) is 0 Å². The number of nitrogens with one attached hydrogen (secondary N) is 1. The maximum absolute atomic E-state index is 11.4. The lowest BCUT2D eigenvalue weighted by Crippen LogP contribution is -2.35. The first kappa shape index (κ1) is 32.8. The van der Waals surface area contributed by atoms with Crippen molar-refractivity contribution in [2.75, 3.05) is 25.1 Å². The van der Waals surface area contributed by atoms with Crippen LogP contribution in [0.2, 0.25) is 0 Å². The SMILES string of the molecule is C[C@@H]1[C@@H]2OP(O)(=S)OC[C@H]3OC4[C@H](OP(O)(=S)OC[C@H]2O[C@H]1n1cnc2c(ncnc21)CCC=CCNc1ncnc2c1ncn24)[C@@H]3O. The summed E-state index contributed by atoms with van der Waals surface area (Å²) in [5.41, 5.74) is 2.73. The lowest BCUT2D eigenvalue weighted by Gasteiger charge is -2.28. The fourth-order valence-electron chi connectivity index (χ4n) is 6.41. The van der Waals surface area contributed by atoms with Crippen molar-refractivity contribution in [1.29, 1.82) is 0 Å². The van der Waals surface area contributed by atoms with Crippen LogP contribution in [0.5, 0.6) is 0 Å². The number of anilines is 1. The molecule has 4 N–H and O–H groups in total. The molecule has 8 heterocycles. The van der Waals surface area contributed by atoms with Crippen molar-refractivity contribution < 1.29 is 42.5 Å². The molecule has 18 nitrogen and oxygen atoms in total. The molecule has 256 valence electrons. The van der Waals surface area contributed by atoms with E-state index in [1.165, 1.54) is 23.5 Å². The van der Waals surface area contributed by atoms with E-state index >= 15 is 0 Å². The topological polar surface area (TPSA) is 215 Å². The van der Waals surface area contributed by atoms with Gasteiger partial charge in [-0.15, -0.1) is 0 Å². The molecule has 3 unspecified atom stereocenters. The van der Waals surface area contributed by atoms with Gasteiger partial charge in [0.05, 0.1) is 31.6 Å². The Labute approximate surface area is 283 Å². The van der Waals surface area contributed by atoms with Crippen molar-refractivity contribution in [3.05, 3.63) is 43.2 Å². The van der Waals surface area contributed by atoms with Gasteiger partial charge in [0.2, 0.25) is 0 Å². The van der Waals surface area contributed by atoms with Crippen LogP contribution in [0.25, 0.3) is 22.3 Å². The van der Waals surface area contributed by atoms with Gasteiger partial charge in [-0.25, -0.2) is 29.9 Å². The van der Waals surface area contributed by atoms with Crippen molar-refractivity contribution in [2.45, 2.75) is 62.7 Å². The molecule has 0 amide bonds. The first-order chi connectivity index (χ1) is 23.1. The summed E-state index contributed by atoms with van der Waals surface area (Å²) in [4.78, 5) is 49.4. The fourth-order valence-corrected chi connectivity index (χ4v) is 9.33. The number of aliphatic hydroxyl groups is 1. The molecule has 8 rings (SSSR count). The summed E-state index contributed by atoms with van der Waals surface area (Å²) in [6.07, 6.45) is 3.95. The number of nitrogens with zero attached hydrogens (tertiary/aromatic N) is 8. The standard InChI is InChI=1S/C26H31N9O9P2S2/c1-13-20-16-8-40-46(38,48)44-21-19(36)15(7-39-45(37,47)43-20)41-26(21)35-12-33-18-22(29-10-31-24(18)35)27-6-4-2-3-5-14-17-23(30-9-28-14)34(11-32-17)25(13)42-16/h2,4,9-13,15-16,19-21,25-26,36H,3,5-8H2,1H3,(H,37,47)(H,38,48)(H,27,29,31)/t13-,15-,16-,19-,20+,21-,25-,26?,45?,46?/m1/s1. The van der Waals surface area contributed by atoms with E-state index in [1.54, 1.807) is 10.9 Å². The van der Waals surface area contributed by atoms with Crippen LogP contribution < -0.4 is 5.32 Å². The molecule has 10 atom stereocenters. The molecule has 4 aliphatic heterocycles.